The van der Waals surface area contributed by atoms with Gasteiger partial charge >= 0.3 is 0 Å². The van der Waals surface area contributed by atoms with Crippen LogP contribution in [-0.4, -0.2) is 24.8 Å². The van der Waals surface area contributed by atoms with Gasteiger partial charge in [-0.25, -0.2) is 0 Å². The van der Waals surface area contributed by atoms with Crippen molar-refractivity contribution in [2.24, 2.45) is 0 Å². The third-order valence-electron chi connectivity index (χ3n) is 3.30. The average Bonchev–Trinajstić information content (AvgIpc) is 3.14. The number of aryl methyl sites for hydroxylation is 1. The van der Waals surface area contributed by atoms with Crippen molar-refractivity contribution < 1.29 is 4.74 Å². The Hall–Kier alpha value is -2.80. The molecule has 0 saturated carbocycles. The van der Waals surface area contributed by atoms with E-state index in [1.165, 1.54) is 16.9 Å². The largest absolute Gasteiger partial charge is 0.486 e. The second-order valence-electron chi connectivity index (χ2n) is 5.06. The zero-order valence-corrected chi connectivity index (χ0v) is 13.2. The van der Waals surface area contributed by atoms with Gasteiger partial charge in [0.1, 0.15) is 12.4 Å². The summed E-state index contributed by atoms with van der Waals surface area (Å²) in [6.45, 7) is 2.44. The van der Waals surface area contributed by atoms with E-state index < -0.39 is 0 Å². The lowest BCUT2D eigenvalue weighted by molar-refractivity contribution is 0.304. The van der Waals surface area contributed by atoms with Crippen molar-refractivity contribution in [1.29, 1.82) is 0 Å². The lowest BCUT2D eigenvalue weighted by Gasteiger charge is -2.03. The minimum Gasteiger partial charge on any atom is -0.486 e. The number of ether oxygens (including phenoxy) is 1. The fraction of sp³-hybridized carbons (Fsp3) is 0.125. The SMILES string of the molecule is Cc1cccc(OCc2nn3c(-c4cccnc4)nnc3s2)c1. The number of nitrogens with zero attached hydrogens (tertiary/aromatic N) is 5. The molecule has 0 fully saturated rings. The third-order valence-corrected chi connectivity index (χ3v) is 4.18. The van der Waals surface area contributed by atoms with Gasteiger partial charge in [0, 0.05) is 18.0 Å². The first-order valence-electron chi connectivity index (χ1n) is 7.10. The van der Waals surface area contributed by atoms with Crippen molar-refractivity contribution in [1.82, 2.24) is 24.8 Å². The molecule has 3 aromatic heterocycles. The van der Waals surface area contributed by atoms with Gasteiger partial charge in [0.05, 0.1) is 0 Å². The smallest absolute Gasteiger partial charge is 0.235 e. The summed E-state index contributed by atoms with van der Waals surface area (Å²) in [5.74, 6) is 1.52. The molecule has 0 N–H and O–H groups in total. The highest BCUT2D eigenvalue weighted by atomic mass is 32.1. The normalized spacial score (nSPS) is 11.0. The lowest BCUT2D eigenvalue weighted by atomic mass is 10.2. The average molecular weight is 323 g/mol. The summed E-state index contributed by atoms with van der Waals surface area (Å²) in [6, 6.07) is 11.8. The number of fused-ring (bicyclic) bond motifs is 1. The van der Waals surface area contributed by atoms with Crippen LogP contribution >= 0.6 is 11.3 Å². The number of rotatable bonds is 4. The van der Waals surface area contributed by atoms with Gasteiger partial charge in [-0.1, -0.05) is 23.5 Å². The van der Waals surface area contributed by atoms with Crippen LogP contribution in [0.1, 0.15) is 10.6 Å². The minimum absolute atomic E-state index is 0.407. The molecule has 4 rings (SSSR count). The Balaban J connectivity index is 1.59. The Morgan fingerprint density at radius 3 is 2.96 bits per heavy atom. The van der Waals surface area contributed by atoms with Crippen LogP contribution in [0.5, 0.6) is 5.75 Å². The molecule has 7 heteroatoms. The van der Waals surface area contributed by atoms with Gasteiger partial charge in [0.25, 0.3) is 0 Å². The first kappa shape index (κ1) is 13.8. The number of hydrogen-bond acceptors (Lipinski definition) is 6. The Morgan fingerprint density at radius 1 is 1.17 bits per heavy atom. The summed E-state index contributed by atoms with van der Waals surface area (Å²) in [7, 11) is 0. The predicted octanol–water partition coefficient (Wildman–Crippen LogP) is 3.14. The van der Waals surface area contributed by atoms with E-state index in [0.717, 1.165) is 21.3 Å². The molecule has 0 amide bonds. The summed E-state index contributed by atoms with van der Waals surface area (Å²) in [6.07, 6.45) is 3.47. The van der Waals surface area contributed by atoms with Gasteiger partial charge in [-0.15, -0.1) is 10.2 Å². The van der Waals surface area contributed by atoms with Crippen molar-refractivity contribution >= 4 is 16.3 Å². The molecule has 0 radical (unpaired) electrons. The molecular formula is C16H13N5OS. The Kier molecular flexibility index (Phi) is 3.47. The van der Waals surface area contributed by atoms with Crippen LogP contribution in [0.4, 0.5) is 0 Å². The second kappa shape index (κ2) is 5.77. The van der Waals surface area contributed by atoms with Gasteiger partial charge in [0.15, 0.2) is 10.8 Å². The molecule has 0 bridgehead atoms. The fourth-order valence-corrected chi connectivity index (χ4v) is 2.99. The first-order chi connectivity index (χ1) is 11.3. The van der Waals surface area contributed by atoms with Gasteiger partial charge in [-0.05, 0) is 36.8 Å². The van der Waals surface area contributed by atoms with E-state index in [-0.39, 0.29) is 0 Å². The maximum absolute atomic E-state index is 5.79. The van der Waals surface area contributed by atoms with Crippen molar-refractivity contribution in [2.45, 2.75) is 13.5 Å². The maximum atomic E-state index is 5.79. The van der Waals surface area contributed by atoms with Crippen LogP contribution in [0.25, 0.3) is 16.3 Å². The number of pyridine rings is 1. The molecule has 0 atom stereocenters. The number of hydrogen-bond donors (Lipinski definition) is 0. The van der Waals surface area contributed by atoms with Crippen LogP contribution in [0.15, 0.2) is 48.8 Å². The quantitative estimate of drug-likeness (QED) is 0.577. The van der Waals surface area contributed by atoms with E-state index >= 15 is 0 Å². The van der Waals surface area contributed by atoms with E-state index in [2.05, 4.69) is 20.3 Å². The highest BCUT2D eigenvalue weighted by Gasteiger charge is 2.13. The maximum Gasteiger partial charge on any atom is 0.235 e. The van der Waals surface area contributed by atoms with Crippen LogP contribution in [-0.2, 0) is 6.61 Å². The Morgan fingerprint density at radius 2 is 2.13 bits per heavy atom. The van der Waals surface area contributed by atoms with Crippen LogP contribution in [0.2, 0.25) is 0 Å². The van der Waals surface area contributed by atoms with Crippen molar-refractivity contribution in [2.75, 3.05) is 0 Å². The van der Waals surface area contributed by atoms with E-state index in [9.17, 15) is 0 Å². The first-order valence-corrected chi connectivity index (χ1v) is 7.92. The van der Waals surface area contributed by atoms with Gasteiger partial charge in [0.2, 0.25) is 4.96 Å². The molecule has 114 valence electrons. The molecule has 0 aliphatic rings. The standard InChI is InChI=1S/C16H13N5OS/c1-11-4-2-6-13(8-11)22-10-14-20-21-15(18-19-16(21)23-14)12-5-3-7-17-9-12/h2-9H,10H2,1H3. The third kappa shape index (κ3) is 2.78. The van der Waals surface area contributed by atoms with E-state index in [0.29, 0.717) is 12.4 Å². The molecule has 1 aromatic carbocycles. The second-order valence-corrected chi connectivity index (χ2v) is 6.10. The molecule has 23 heavy (non-hydrogen) atoms. The molecule has 0 saturated heterocycles. The molecule has 3 heterocycles. The predicted molar refractivity (Wildman–Crippen MR) is 87.4 cm³/mol. The Labute approximate surface area is 136 Å². The van der Waals surface area contributed by atoms with E-state index in [1.807, 2.05) is 43.3 Å². The van der Waals surface area contributed by atoms with Crippen LogP contribution in [0, 0.1) is 6.92 Å². The van der Waals surface area contributed by atoms with Gasteiger partial charge in [-0.2, -0.15) is 9.61 Å². The molecule has 0 spiro atoms. The number of benzene rings is 1. The van der Waals surface area contributed by atoms with Crippen molar-refractivity contribution in [3.63, 3.8) is 0 Å². The molecule has 4 aromatic rings. The van der Waals surface area contributed by atoms with Crippen molar-refractivity contribution in [3.8, 4) is 17.1 Å². The summed E-state index contributed by atoms with van der Waals surface area (Å²) >= 11 is 1.47. The number of aromatic nitrogens is 5. The van der Waals surface area contributed by atoms with Gasteiger partial charge < -0.3 is 4.74 Å². The topological polar surface area (TPSA) is 65.2 Å². The summed E-state index contributed by atoms with van der Waals surface area (Å²) in [5.41, 5.74) is 2.05. The summed E-state index contributed by atoms with van der Waals surface area (Å²) in [5, 5.41) is 13.7. The highest BCUT2D eigenvalue weighted by Crippen LogP contribution is 2.22. The lowest BCUT2D eigenvalue weighted by Crippen LogP contribution is -1.97. The molecule has 0 aliphatic heterocycles. The van der Waals surface area contributed by atoms with Crippen LogP contribution < -0.4 is 4.74 Å². The fourth-order valence-electron chi connectivity index (χ4n) is 2.24. The summed E-state index contributed by atoms with van der Waals surface area (Å²) < 4.78 is 7.52. The molecule has 0 aliphatic carbocycles. The monoisotopic (exact) mass is 323 g/mol. The van der Waals surface area contributed by atoms with Gasteiger partial charge in [-0.3, -0.25) is 4.98 Å². The van der Waals surface area contributed by atoms with E-state index in [4.69, 9.17) is 4.74 Å². The Bertz CT molecular complexity index is 947. The summed E-state index contributed by atoms with van der Waals surface area (Å²) in [4.78, 5) is 4.85. The minimum atomic E-state index is 0.407. The van der Waals surface area contributed by atoms with Crippen molar-refractivity contribution in [3.05, 3.63) is 59.4 Å². The van der Waals surface area contributed by atoms with E-state index in [1.54, 1.807) is 16.9 Å². The van der Waals surface area contributed by atoms with Crippen LogP contribution in [0.3, 0.4) is 0 Å². The molecule has 0 unspecified atom stereocenters. The molecule has 6 nitrogen and oxygen atoms in total. The molecular weight excluding hydrogens is 310 g/mol. The zero-order valence-electron chi connectivity index (χ0n) is 12.4. The highest BCUT2D eigenvalue weighted by molar-refractivity contribution is 7.16. The zero-order chi connectivity index (χ0) is 15.6.